The van der Waals surface area contributed by atoms with E-state index in [9.17, 15) is 9.18 Å². The van der Waals surface area contributed by atoms with E-state index >= 15 is 0 Å². The standard InChI is InChI=1S/C22H24FN3O3/c1-2-28-21(27)14-29-16-7-5-6-15(10-16)11-26-22(18-12-25-13-20(18)24)17-8-3-4-9-19(17)23/h3-10,24-26H,2,11-14H2,1H3/b22-18-,24-20?. The lowest BCUT2D eigenvalue weighted by molar-refractivity contribution is -0.145. The summed E-state index contributed by atoms with van der Waals surface area (Å²) in [5, 5.41) is 14.6. The second kappa shape index (κ2) is 9.84. The number of rotatable bonds is 8. The minimum atomic E-state index is -0.421. The molecule has 0 radical (unpaired) electrons. The van der Waals surface area contributed by atoms with Crippen LogP contribution in [0.3, 0.4) is 0 Å². The first-order chi connectivity index (χ1) is 14.1. The van der Waals surface area contributed by atoms with Gasteiger partial charge in [0.2, 0.25) is 0 Å². The van der Waals surface area contributed by atoms with Gasteiger partial charge in [0.05, 0.1) is 18.0 Å². The van der Waals surface area contributed by atoms with Crippen LogP contribution < -0.4 is 15.4 Å². The van der Waals surface area contributed by atoms with E-state index in [0.717, 1.165) is 11.1 Å². The zero-order valence-corrected chi connectivity index (χ0v) is 16.3. The third-order valence-electron chi connectivity index (χ3n) is 4.44. The van der Waals surface area contributed by atoms with Gasteiger partial charge in [0.1, 0.15) is 11.6 Å². The van der Waals surface area contributed by atoms with Gasteiger partial charge in [-0.3, -0.25) is 0 Å². The minimum Gasteiger partial charge on any atom is -0.482 e. The number of ether oxygens (including phenoxy) is 2. The number of hydrogen-bond acceptors (Lipinski definition) is 6. The van der Waals surface area contributed by atoms with E-state index in [0.29, 0.717) is 49.0 Å². The van der Waals surface area contributed by atoms with Crippen LogP contribution in [0.25, 0.3) is 5.70 Å². The first-order valence-corrected chi connectivity index (χ1v) is 9.46. The Labute approximate surface area is 169 Å². The average molecular weight is 397 g/mol. The highest BCUT2D eigenvalue weighted by atomic mass is 19.1. The molecule has 1 heterocycles. The Morgan fingerprint density at radius 2 is 2.03 bits per heavy atom. The second-order valence-electron chi connectivity index (χ2n) is 6.51. The summed E-state index contributed by atoms with van der Waals surface area (Å²) >= 11 is 0. The molecule has 0 unspecified atom stereocenters. The molecule has 3 rings (SSSR count). The van der Waals surface area contributed by atoms with Crippen LogP contribution in [0.15, 0.2) is 54.1 Å². The highest BCUT2D eigenvalue weighted by molar-refractivity contribution is 6.07. The van der Waals surface area contributed by atoms with Crippen molar-refractivity contribution in [3.63, 3.8) is 0 Å². The Balaban J connectivity index is 1.75. The number of halogens is 1. The molecule has 2 aromatic rings. The third-order valence-corrected chi connectivity index (χ3v) is 4.44. The van der Waals surface area contributed by atoms with Crippen LogP contribution in [0.4, 0.5) is 4.39 Å². The van der Waals surface area contributed by atoms with Crippen LogP contribution in [0.2, 0.25) is 0 Å². The van der Waals surface area contributed by atoms with Crippen LogP contribution in [-0.4, -0.2) is 38.0 Å². The highest BCUT2D eigenvalue weighted by Gasteiger charge is 2.20. The second-order valence-corrected chi connectivity index (χ2v) is 6.51. The summed E-state index contributed by atoms with van der Waals surface area (Å²) in [5.74, 6) is -0.212. The summed E-state index contributed by atoms with van der Waals surface area (Å²) in [4.78, 5) is 11.5. The number of carbonyl (C=O) groups is 1. The Morgan fingerprint density at radius 1 is 1.21 bits per heavy atom. The summed E-state index contributed by atoms with van der Waals surface area (Å²) in [6, 6.07) is 13.8. The molecule has 0 bridgehead atoms. The van der Waals surface area contributed by atoms with E-state index in [1.165, 1.54) is 6.07 Å². The van der Waals surface area contributed by atoms with Crippen molar-refractivity contribution >= 4 is 17.4 Å². The molecule has 3 N–H and O–H groups in total. The Kier molecular flexibility index (Phi) is 6.97. The van der Waals surface area contributed by atoms with Gasteiger partial charge >= 0.3 is 5.97 Å². The zero-order valence-electron chi connectivity index (χ0n) is 16.3. The fourth-order valence-corrected chi connectivity index (χ4v) is 3.07. The molecule has 1 aliphatic heterocycles. The smallest absolute Gasteiger partial charge is 0.344 e. The number of hydrogen-bond donors (Lipinski definition) is 3. The first kappa shape index (κ1) is 20.5. The van der Waals surface area contributed by atoms with Gasteiger partial charge in [0.25, 0.3) is 0 Å². The van der Waals surface area contributed by atoms with Crippen molar-refractivity contribution in [3.8, 4) is 5.75 Å². The van der Waals surface area contributed by atoms with Gasteiger partial charge in [-0.25, -0.2) is 9.18 Å². The summed E-state index contributed by atoms with van der Waals surface area (Å²) < 4.78 is 24.7. The van der Waals surface area contributed by atoms with Crippen molar-refractivity contribution in [1.82, 2.24) is 10.6 Å². The molecule has 0 spiro atoms. The quantitative estimate of drug-likeness (QED) is 0.597. The fourth-order valence-electron chi connectivity index (χ4n) is 3.07. The highest BCUT2D eigenvalue weighted by Crippen LogP contribution is 2.23. The van der Waals surface area contributed by atoms with Gasteiger partial charge in [0, 0.05) is 30.8 Å². The third kappa shape index (κ3) is 5.42. The molecule has 0 aromatic heterocycles. The van der Waals surface area contributed by atoms with Gasteiger partial charge in [0.15, 0.2) is 6.61 Å². The van der Waals surface area contributed by atoms with Crippen molar-refractivity contribution in [1.29, 1.82) is 5.41 Å². The summed E-state index contributed by atoms with van der Waals surface area (Å²) in [6.07, 6.45) is 0. The van der Waals surface area contributed by atoms with Gasteiger partial charge in [-0.1, -0.05) is 24.3 Å². The van der Waals surface area contributed by atoms with Crippen LogP contribution in [0, 0.1) is 11.2 Å². The monoisotopic (exact) mass is 397 g/mol. The molecule has 2 aromatic carbocycles. The molecule has 1 saturated heterocycles. The minimum absolute atomic E-state index is 0.155. The van der Waals surface area contributed by atoms with Crippen molar-refractivity contribution in [3.05, 3.63) is 71.0 Å². The van der Waals surface area contributed by atoms with E-state index in [4.69, 9.17) is 14.9 Å². The molecule has 1 aliphatic rings. The van der Waals surface area contributed by atoms with E-state index in [1.54, 1.807) is 31.2 Å². The number of esters is 1. The molecule has 0 aliphatic carbocycles. The van der Waals surface area contributed by atoms with Gasteiger partial charge < -0.3 is 25.5 Å². The molecule has 29 heavy (non-hydrogen) atoms. The largest absolute Gasteiger partial charge is 0.482 e. The predicted octanol–water partition coefficient (Wildman–Crippen LogP) is 2.89. The normalized spacial score (nSPS) is 15.2. The Hall–Kier alpha value is -3.19. The van der Waals surface area contributed by atoms with E-state index in [2.05, 4.69) is 10.6 Å². The van der Waals surface area contributed by atoms with Gasteiger partial charge in [-0.2, -0.15) is 0 Å². The molecule has 0 saturated carbocycles. The molecule has 152 valence electrons. The molecule has 1 fully saturated rings. The maximum Gasteiger partial charge on any atom is 0.344 e. The maximum absolute atomic E-state index is 14.4. The Morgan fingerprint density at radius 3 is 2.76 bits per heavy atom. The van der Waals surface area contributed by atoms with Crippen molar-refractivity contribution in [2.24, 2.45) is 0 Å². The summed E-state index contributed by atoms with van der Waals surface area (Å²) in [6.45, 7) is 3.29. The van der Waals surface area contributed by atoms with Crippen LogP contribution >= 0.6 is 0 Å². The molecule has 7 heteroatoms. The lowest BCUT2D eigenvalue weighted by Gasteiger charge is -2.16. The lowest BCUT2D eigenvalue weighted by Crippen LogP contribution is -2.18. The van der Waals surface area contributed by atoms with E-state index in [-0.39, 0.29) is 12.4 Å². The Bertz CT molecular complexity index is 927. The van der Waals surface area contributed by atoms with Crippen molar-refractivity contribution in [2.75, 3.05) is 26.3 Å². The molecule has 6 nitrogen and oxygen atoms in total. The topological polar surface area (TPSA) is 83.4 Å². The lowest BCUT2D eigenvalue weighted by atomic mass is 10.0. The fraction of sp³-hybridized carbons (Fsp3) is 0.273. The van der Waals surface area contributed by atoms with E-state index in [1.807, 2.05) is 18.2 Å². The number of benzene rings is 2. The van der Waals surface area contributed by atoms with Crippen LogP contribution in [0.1, 0.15) is 18.1 Å². The van der Waals surface area contributed by atoms with Crippen LogP contribution in [0.5, 0.6) is 5.75 Å². The first-order valence-electron chi connectivity index (χ1n) is 9.46. The van der Waals surface area contributed by atoms with Crippen molar-refractivity contribution in [2.45, 2.75) is 13.5 Å². The molecular weight excluding hydrogens is 373 g/mol. The zero-order chi connectivity index (χ0) is 20.6. The summed E-state index contributed by atoms with van der Waals surface area (Å²) in [7, 11) is 0. The van der Waals surface area contributed by atoms with Gasteiger partial charge in [-0.05, 0) is 36.8 Å². The van der Waals surface area contributed by atoms with Gasteiger partial charge in [-0.15, -0.1) is 0 Å². The number of nitrogens with one attached hydrogen (secondary N) is 3. The van der Waals surface area contributed by atoms with E-state index < -0.39 is 5.97 Å². The number of carbonyl (C=O) groups excluding carboxylic acids is 1. The SMILES string of the molecule is CCOC(=O)COc1cccc(CN/C(=C2/CNCC2=N)c2ccccc2F)c1. The molecule has 0 amide bonds. The van der Waals surface area contributed by atoms with Crippen LogP contribution in [-0.2, 0) is 16.1 Å². The molecular formula is C22H24FN3O3. The van der Waals surface area contributed by atoms with Crippen molar-refractivity contribution < 1.29 is 18.7 Å². The summed E-state index contributed by atoms with van der Waals surface area (Å²) in [5.41, 5.74) is 3.15. The predicted molar refractivity (Wildman–Crippen MR) is 109 cm³/mol. The average Bonchev–Trinajstić information content (AvgIpc) is 3.14. The maximum atomic E-state index is 14.4. The molecule has 0 atom stereocenters.